The number of rotatable bonds is 3. The van der Waals surface area contributed by atoms with Gasteiger partial charge in [0.15, 0.2) is 5.75 Å². The Morgan fingerprint density at radius 3 is 2.76 bits per heavy atom. The van der Waals surface area contributed by atoms with Crippen LogP contribution in [0.3, 0.4) is 0 Å². The predicted octanol–water partition coefficient (Wildman–Crippen LogP) is 1.84. The second-order valence-electron chi connectivity index (χ2n) is 3.26. The van der Waals surface area contributed by atoms with Crippen LogP contribution in [0.25, 0.3) is 11.3 Å². The molecule has 88 valence electrons. The third kappa shape index (κ3) is 2.03. The van der Waals surface area contributed by atoms with E-state index in [1.807, 2.05) is 0 Å². The van der Waals surface area contributed by atoms with Crippen molar-refractivity contribution in [2.75, 3.05) is 12.8 Å². The van der Waals surface area contributed by atoms with Gasteiger partial charge in [0.25, 0.3) is 0 Å². The second-order valence-corrected chi connectivity index (χ2v) is 3.26. The van der Waals surface area contributed by atoms with E-state index in [-0.39, 0.29) is 17.3 Å². The molecule has 0 saturated heterocycles. The summed E-state index contributed by atoms with van der Waals surface area (Å²) in [7, 11) is 1.37. The molecule has 2 N–H and O–H groups in total. The number of anilines is 1. The minimum atomic E-state index is -0.522. The Morgan fingerprint density at radius 2 is 2.24 bits per heavy atom. The number of nitrogens with zero attached hydrogens (tertiary/aromatic N) is 2. The highest BCUT2D eigenvalue weighted by molar-refractivity contribution is 5.67. The molecule has 0 saturated carbocycles. The molecule has 0 aliphatic rings. The number of hydrogen-bond donors (Lipinski definition) is 1. The summed E-state index contributed by atoms with van der Waals surface area (Å²) in [6.07, 6.45) is 0. The van der Waals surface area contributed by atoms with Crippen molar-refractivity contribution in [1.82, 2.24) is 5.16 Å². The molecule has 1 heterocycles. The molecule has 0 bridgehead atoms. The largest absolute Gasteiger partial charge is 0.490 e. The van der Waals surface area contributed by atoms with Crippen LogP contribution in [0.1, 0.15) is 0 Å². The molecule has 0 aliphatic heterocycles. The number of methoxy groups -OCH3 is 1. The molecular weight excluding hydrogens is 226 g/mol. The molecule has 0 atom stereocenters. The van der Waals surface area contributed by atoms with Crippen molar-refractivity contribution in [3.8, 4) is 17.0 Å². The molecule has 0 amide bonds. The molecule has 0 radical (unpaired) electrons. The highest BCUT2D eigenvalue weighted by Crippen LogP contribution is 2.31. The molecule has 2 rings (SSSR count). The van der Waals surface area contributed by atoms with Gasteiger partial charge in [0.2, 0.25) is 5.88 Å². The summed E-state index contributed by atoms with van der Waals surface area (Å²) in [5.41, 5.74) is 6.23. The number of hydrogen-bond acceptors (Lipinski definition) is 6. The first-order chi connectivity index (χ1) is 8.11. The van der Waals surface area contributed by atoms with Gasteiger partial charge in [0.1, 0.15) is 5.69 Å². The Bertz CT molecular complexity index is 564. The van der Waals surface area contributed by atoms with E-state index in [0.29, 0.717) is 11.3 Å². The zero-order valence-electron chi connectivity index (χ0n) is 8.91. The van der Waals surface area contributed by atoms with Crippen molar-refractivity contribution in [2.24, 2.45) is 0 Å². The number of nitrogens with two attached hydrogens (primary N) is 1. The Balaban J connectivity index is 2.50. The maximum absolute atomic E-state index is 10.8. The van der Waals surface area contributed by atoms with E-state index in [9.17, 15) is 10.1 Å². The minimum absolute atomic E-state index is 0.133. The molecular formula is C10H9N3O4. The number of nitrogen functional groups attached to an aromatic ring is 1. The van der Waals surface area contributed by atoms with E-state index in [1.165, 1.54) is 25.3 Å². The van der Waals surface area contributed by atoms with Crippen LogP contribution in [0.5, 0.6) is 5.75 Å². The lowest BCUT2D eigenvalue weighted by Gasteiger charge is -2.02. The fourth-order valence-corrected chi connectivity index (χ4v) is 1.42. The van der Waals surface area contributed by atoms with E-state index >= 15 is 0 Å². The first-order valence-corrected chi connectivity index (χ1v) is 4.67. The summed E-state index contributed by atoms with van der Waals surface area (Å²) in [6.45, 7) is 0. The number of aromatic nitrogens is 1. The van der Waals surface area contributed by atoms with Gasteiger partial charge in [0, 0.05) is 17.7 Å². The van der Waals surface area contributed by atoms with Gasteiger partial charge in [-0.1, -0.05) is 5.16 Å². The number of nitro groups is 1. The smallest absolute Gasteiger partial charge is 0.311 e. The van der Waals surface area contributed by atoms with Crippen LogP contribution in [0.4, 0.5) is 11.6 Å². The molecule has 0 spiro atoms. The van der Waals surface area contributed by atoms with Crippen LogP contribution < -0.4 is 10.5 Å². The van der Waals surface area contributed by atoms with E-state index < -0.39 is 4.92 Å². The first kappa shape index (κ1) is 10.9. The molecule has 0 fully saturated rings. The quantitative estimate of drug-likeness (QED) is 0.642. The summed E-state index contributed by atoms with van der Waals surface area (Å²) in [4.78, 5) is 10.3. The standard InChI is InChI=1S/C10H9N3O4/c1-16-9-3-2-6(4-8(9)13(14)15)7-5-10(11)17-12-7/h2-5H,11H2,1H3. The van der Waals surface area contributed by atoms with Crippen LogP contribution in [0, 0.1) is 10.1 Å². The van der Waals surface area contributed by atoms with Gasteiger partial charge in [0.05, 0.1) is 12.0 Å². The summed E-state index contributed by atoms with van der Waals surface area (Å²) >= 11 is 0. The number of benzene rings is 1. The zero-order chi connectivity index (χ0) is 12.4. The Morgan fingerprint density at radius 1 is 1.47 bits per heavy atom. The molecule has 17 heavy (non-hydrogen) atoms. The summed E-state index contributed by atoms with van der Waals surface area (Å²) in [5.74, 6) is 0.341. The van der Waals surface area contributed by atoms with Crippen molar-refractivity contribution in [2.45, 2.75) is 0 Å². The average molecular weight is 235 g/mol. The Hall–Kier alpha value is -2.57. The van der Waals surface area contributed by atoms with E-state index in [4.69, 9.17) is 15.0 Å². The number of ether oxygens (including phenoxy) is 1. The fourth-order valence-electron chi connectivity index (χ4n) is 1.42. The van der Waals surface area contributed by atoms with Crippen molar-refractivity contribution >= 4 is 11.6 Å². The van der Waals surface area contributed by atoms with Gasteiger partial charge in [-0.15, -0.1) is 0 Å². The van der Waals surface area contributed by atoms with Gasteiger partial charge in [-0.05, 0) is 12.1 Å². The third-order valence-corrected chi connectivity index (χ3v) is 2.20. The molecule has 7 heteroatoms. The van der Waals surface area contributed by atoms with Crippen molar-refractivity contribution in [1.29, 1.82) is 0 Å². The van der Waals surface area contributed by atoms with Gasteiger partial charge in [-0.3, -0.25) is 10.1 Å². The summed E-state index contributed by atoms with van der Waals surface area (Å²) < 4.78 is 9.59. The van der Waals surface area contributed by atoms with Crippen molar-refractivity contribution < 1.29 is 14.2 Å². The Kier molecular flexibility index (Phi) is 2.65. The van der Waals surface area contributed by atoms with Crippen LogP contribution in [-0.4, -0.2) is 17.2 Å². The van der Waals surface area contributed by atoms with Crippen molar-refractivity contribution in [3.63, 3.8) is 0 Å². The van der Waals surface area contributed by atoms with Gasteiger partial charge >= 0.3 is 5.69 Å². The van der Waals surface area contributed by atoms with E-state index in [2.05, 4.69) is 5.16 Å². The summed E-state index contributed by atoms with van der Waals surface area (Å²) in [5, 5.41) is 14.5. The minimum Gasteiger partial charge on any atom is -0.490 e. The van der Waals surface area contributed by atoms with Gasteiger partial charge < -0.3 is 15.0 Å². The zero-order valence-corrected chi connectivity index (χ0v) is 8.91. The van der Waals surface area contributed by atoms with Gasteiger partial charge in [-0.25, -0.2) is 0 Å². The van der Waals surface area contributed by atoms with Crippen LogP contribution >= 0.6 is 0 Å². The highest BCUT2D eigenvalue weighted by atomic mass is 16.6. The Labute approximate surface area is 95.9 Å². The first-order valence-electron chi connectivity index (χ1n) is 4.67. The molecule has 1 aromatic carbocycles. The molecule has 1 aromatic heterocycles. The molecule has 0 aliphatic carbocycles. The van der Waals surface area contributed by atoms with Crippen molar-refractivity contribution in [3.05, 3.63) is 34.4 Å². The lowest BCUT2D eigenvalue weighted by atomic mass is 10.1. The maximum atomic E-state index is 10.8. The number of nitro benzene ring substituents is 1. The fraction of sp³-hybridized carbons (Fsp3) is 0.100. The lowest BCUT2D eigenvalue weighted by Crippen LogP contribution is -1.94. The lowest BCUT2D eigenvalue weighted by molar-refractivity contribution is -0.385. The summed E-state index contributed by atoms with van der Waals surface area (Å²) in [6, 6.07) is 5.99. The van der Waals surface area contributed by atoms with Crippen LogP contribution in [0.15, 0.2) is 28.8 Å². The predicted molar refractivity (Wildman–Crippen MR) is 59.6 cm³/mol. The molecule has 0 unspecified atom stereocenters. The topological polar surface area (TPSA) is 104 Å². The maximum Gasteiger partial charge on any atom is 0.311 e. The monoisotopic (exact) mass is 235 g/mol. The molecule has 7 nitrogen and oxygen atoms in total. The highest BCUT2D eigenvalue weighted by Gasteiger charge is 2.17. The second kappa shape index (κ2) is 4.12. The van der Waals surface area contributed by atoms with Crippen LogP contribution in [0.2, 0.25) is 0 Å². The normalized spacial score (nSPS) is 10.2. The van der Waals surface area contributed by atoms with E-state index in [0.717, 1.165) is 0 Å². The SMILES string of the molecule is COc1ccc(-c2cc(N)on2)cc1[N+](=O)[O-]. The average Bonchev–Trinajstić information content (AvgIpc) is 2.75. The van der Waals surface area contributed by atoms with Gasteiger partial charge in [-0.2, -0.15) is 0 Å². The molecule has 2 aromatic rings. The van der Waals surface area contributed by atoms with Crippen LogP contribution in [-0.2, 0) is 0 Å². The van der Waals surface area contributed by atoms with E-state index in [1.54, 1.807) is 6.07 Å². The third-order valence-electron chi connectivity index (χ3n) is 2.20.